The van der Waals surface area contributed by atoms with E-state index >= 15 is 0 Å². The van der Waals surface area contributed by atoms with E-state index in [9.17, 15) is 4.79 Å². The first-order chi connectivity index (χ1) is 10.8. The summed E-state index contributed by atoms with van der Waals surface area (Å²) in [5.74, 6) is 1.64. The number of hydrogen-bond acceptors (Lipinski definition) is 3. The first kappa shape index (κ1) is 22.7. The number of hydrogen-bond donors (Lipinski definition) is 3. The second-order valence-electron chi connectivity index (χ2n) is 6.53. The van der Waals surface area contributed by atoms with Crippen molar-refractivity contribution in [3.05, 3.63) is 18.2 Å². The fourth-order valence-corrected chi connectivity index (χ4v) is 2.10. The van der Waals surface area contributed by atoms with E-state index in [1.807, 2.05) is 40.1 Å². The van der Waals surface area contributed by atoms with Crippen LogP contribution in [0, 0.1) is 6.92 Å². The number of amides is 1. The number of aliphatic imine (C=N–C) groups is 1. The second kappa shape index (κ2) is 11.3. The van der Waals surface area contributed by atoms with Crippen LogP contribution in [0.2, 0.25) is 0 Å². The van der Waals surface area contributed by atoms with E-state index in [0.717, 1.165) is 31.8 Å². The summed E-state index contributed by atoms with van der Waals surface area (Å²) in [6.45, 7) is 9.87. The lowest BCUT2D eigenvalue weighted by molar-refractivity contribution is -0.121. The molecule has 0 saturated carbocycles. The summed E-state index contributed by atoms with van der Waals surface area (Å²) in [5.41, 5.74) is -0.221. The number of carbonyl (C=O) groups is 1. The van der Waals surface area contributed by atoms with Crippen LogP contribution in [-0.2, 0) is 11.3 Å². The van der Waals surface area contributed by atoms with Gasteiger partial charge in [-0.3, -0.25) is 9.79 Å². The maximum atomic E-state index is 11.8. The largest absolute Gasteiger partial charge is 0.356 e. The predicted molar refractivity (Wildman–Crippen MR) is 109 cm³/mol. The highest BCUT2D eigenvalue weighted by Crippen LogP contribution is 1.99. The summed E-state index contributed by atoms with van der Waals surface area (Å²) in [7, 11) is 1.70. The predicted octanol–water partition coefficient (Wildman–Crippen LogP) is 1.67. The minimum atomic E-state index is -0.221. The van der Waals surface area contributed by atoms with Crippen LogP contribution in [0.1, 0.15) is 39.4 Å². The van der Waals surface area contributed by atoms with Crippen molar-refractivity contribution in [1.82, 2.24) is 25.5 Å². The lowest BCUT2D eigenvalue weighted by atomic mass is 10.1. The average Bonchev–Trinajstić information content (AvgIpc) is 2.85. The highest BCUT2D eigenvalue weighted by Gasteiger charge is 2.13. The van der Waals surface area contributed by atoms with Crippen LogP contribution in [0.5, 0.6) is 0 Å². The number of halogens is 1. The van der Waals surface area contributed by atoms with Gasteiger partial charge < -0.3 is 20.5 Å². The zero-order chi connectivity index (χ0) is 17.3. The van der Waals surface area contributed by atoms with Crippen molar-refractivity contribution < 1.29 is 4.79 Å². The fourth-order valence-electron chi connectivity index (χ4n) is 2.10. The lowest BCUT2D eigenvalue weighted by Crippen LogP contribution is -2.48. The Morgan fingerprint density at radius 1 is 1.29 bits per heavy atom. The fraction of sp³-hybridized carbons (Fsp3) is 0.688. The molecule has 7 nitrogen and oxygen atoms in total. The van der Waals surface area contributed by atoms with Gasteiger partial charge in [0.05, 0.1) is 6.54 Å². The number of nitrogens with zero attached hydrogens (tertiary/aromatic N) is 3. The zero-order valence-electron chi connectivity index (χ0n) is 15.3. The molecule has 0 spiro atoms. The Labute approximate surface area is 162 Å². The summed E-state index contributed by atoms with van der Waals surface area (Å²) in [6, 6.07) is 0. The standard InChI is InChI=1S/C16H30N6O.HI/c1-13-18-9-11-22(13)10-7-6-8-19-15(17-5)20-12-14(23)21-16(2,3)4;/h9,11H,6-8,10,12H2,1-5H3,(H,21,23)(H2,17,19,20);1H. The van der Waals surface area contributed by atoms with Crippen LogP contribution in [0.4, 0.5) is 0 Å². The van der Waals surface area contributed by atoms with Crippen LogP contribution in [0.25, 0.3) is 0 Å². The van der Waals surface area contributed by atoms with Crippen molar-refractivity contribution in [2.45, 2.75) is 52.6 Å². The van der Waals surface area contributed by atoms with Crippen LogP contribution in [-0.4, -0.2) is 47.1 Å². The number of rotatable bonds is 7. The van der Waals surface area contributed by atoms with Gasteiger partial charge in [0.15, 0.2) is 5.96 Å². The molecule has 0 aliphatic heterocycles. The molecule has 1 aromatic rings. The number of imidazole rings is 1. The van der Waals surface area contributed by atoms with Crippen molar-refractivity contribution in [1.29, 1.82) is 0 Å². The minimum absolute atomic E-state index is 0. The monoisotopic (exact) mass is 450 g/mol. The molecule has 0 fully saturated rings. The number of aryl methyl sites for hydroxylation is 2. The third-order valence-corrected chi connectivity index (χ3v) is 3.20. The number of nitrogens with one attached hydrogen (secondary N) is 3. The number of aromatic nitrogens is 2. The quantitative estimate of drug-likeness (QED) is 0.256. The van der Waals surface area contributed by atoms with E-state index < -0.39 is 0 Å². The van der Waals surface area contributed by atoms with Gasteiger partial charge in [-0.05, 0) is 40.5 Å². The van der Waals surface area contributed by atoms with Crippen LogP contribution in [0.3, 0.4) is 0 Å². The number of unbranched alkanes of at least 4 members (excludes halogenated alkanes) is 1. The molecule has 138 valence electrons. The Balaban J connectivity index is 0.00000529. The van der Waals surface area contributed by atoms with Gasteiger partial charge in [0.1, 0.15) is 5.82 Å². The molecule has 1 aromatic heterocycles. The number of carbonyl (C=O) groups excluding carboxylic acids is 1. The van der Waals surface area contributed by atoms with Crippen LogP contribution in [0.15, 0.2) is 17.4 Å². The van der Waals surface area contributed by atoms with Crippen molar-refractivity contribution in [2.24, 2.45) is 4.99 Å². The maximum absolute atomic E-state index is 11.8. The van der Waals surface area contributed by atoms with Gasteiger partial charge in [-0.2, -0.15) is 0 Å². The Morgan fingerprint density at radius 2 is 2.00 bits per heavy atom. The van der Waals surface area contributed by atoms with E-state index in [1.54, 1.807) is 7.05 Å². The third kappa shape index (κ3) is 9.74. The highest BCUT2D eigenvalue weighted by atomic mass is 127. The molecule has 1 amide bonds. The normalized spacial score (nSPS) is 11.6. The maximum Gasteiger partial charge on any atom is 0.239 e. The summed E-state index contributed by atoms with van der Waals surface area (Å²) in [4.78, 5) is 20.1. The Hall–Kier alpha value is -1.32. The van der Waals surface area contributed by atoms with Crippen molar-refractivity contribution in [3.8, 4) is 0 Å². The molecule has 0 bridgehead atoms. The van der Waals surface area contributed by atoms with E-state index in [0.29, 0.717) is 5.96 Å². The van der Waals surface area contributed by atoms with Gasteiger partial charge in [0.2, 0.25) is 5.91 Å². The molecule has 8 heteroatoms. The molecular weight excluding hydrogens is 419 g/mol. The first-order valence-corrected chi connectivity index (χ1v) is 8.05. The molecule has 0 saturated heterocycles. The molecule has 0 aliphatic carbocycles. The molecule has 0 radical (unpaired) electrons. The molecule has 0 aliphatic rings. The average molecular weight is 450 g/mol. The molecule has 3 N–H and O–H groups in total. The van der Waals surface area contributed by atoms with E-state index in [-0.39, 0.29) is 42.0 Å². The van der Waals surface area contributed by atoms with E-state index in [1.165, 1.54) is 0 Å². The van der Waals surface area contributed by atoms with Crippen LogP contribution < -0.4 is 16.0 Å². The Kier molecular flexibility index (Phi) is 10.7. The summed E-state index contributed by atoms with van der Waals surface area (Å²) in [6.07, 6.45) is 5.90. The van der Waals surface area contributed by atoms with Crippen molar-refractivity contribution in [2.75, 3.05) is 20.1 Å². The molecule has 24 heavy (non-hydrogen) atoms. The highest BCUT2D eigenvalue weighted by molar-refractivity contribution is 14.0. The molecule has 0 aromatic carbocycles. The molecular formula is C16H31IN6O. The summed E-state index contributed by atoms with van der Waals surface area (Å²) >= 11 is 0. The van der Waals surface area contributed by atoms with Crippen molar-refractivity contribution >= 4 is 35.8 Å². The first-order valence-electron chi connectivity index (χ1n) is 8.05. The van der Waals surface area contributed by atoms with Crippen molar-refractivity contribution in [3.63, 3.8) is 0 Å². The van der Waals surface area contributed by atoms with Gasteiger partial charge in [-0.25, -0.2) is 4.98 Å². The number of guanidine groups is 1. The summed E-state index contributed by atoms with van der Waals surface area (Å²) in [5, 5.41) is 9.14. The topological polar surface area (TPSA) is 83.3 Å². The summed E-state index contributed by atoms with van der Waals surface area (Å²) < 4.78 is 2.14. The molecule has 1 heterocycles. The van der Waals surface area contributed by atoms with Gasteiger partial charge in [0, 0.05) is 38.1 Å². The minimum Gasteiger partial charge on any atom is -0.356 e. The SMILES string of the molecule is CN=C(NCCCCn1ccnc1C)NCC(=O)NC(C)(C)C.I. The van der Waals surface area contributed by atoms with Gasteiger partial charge in [-0.15, -0.1) is 24.0 Å². The zero-order valence-corrected chi connectivity index (χ0v) is 17.7. The second-order valence-corrected chi connectivity index (χ2v) is 6.53. The molecule has 1 rings (SSSR count). The van der Waals surface area contributed by atoms with Gasteiger partial charge >= 0.3 is 0 Å². The smallest absolute Gasteiger partial charge is 0.239 e. The van der Waals surface area contributed by atoms with E-state index in [2.05, 4.69) is 30.5 Å². The van der Waals surface area contributed by atoms with Gasteiger partial charge in [-0.1, -0.05) is 0 Å². The third-order valence-electron chi connectivity index (χ3n) is 3.20. The van der Waals surface area contributed by atoms with Gasteiger partial charge in [0.25, 0.3) is 0 Å². The van der Waals surface area contributed by atoms with Crippen LogP contribution >= 0.6 is 24.0 Å². The Morgan fingerprint density at radius 3 is 2.54 bits per heavy atom. The molecule has 0 atom stereocenters. The molecule has 0 unspecified atom stereocenters. The Bertz CT molecular complexity index is 521. The van der Waals surface area contributed by atoms with E-state index in [4.69, 9.17) is 0 Å². The lowest BCUT2D eigenvalue weighted by Gasteiger charge is -2.21.